The fraction of sp³-hybridized carbons (Fsp3) is 0.111. The molecule has 0 aromatic heterocycles. The zero-order valence-corrected chi connectivity index (χ0v) is 23.3. The molecule has 192 valence electrons. The van der Waals surface area contributed by atoms with Gasteiger partial charge in [-0.2, -0.15) is 0 Å². The maximum Gasteiger partial charge on any atom is 0.261 e. The predicted molar refractivity (Wildman–Crippen MR) is 151 cm³/mol. The van der Waals surface area contributed by atoms with Gasteiger partial charge in [-0.15, -0.1) is 11.8 Å². The van der Waals surface area contributed by atoms with E-state index in [-0.39, 0.29) is 21.2 Å². The van der Waals surface area contributed by atoms with Gasteiger partial charge in [0.25, 0.3) is 20.0 Å². The molecule has 0 fully saturated rings. The Balaban J connectivity index is 1.68. The first-order valence-corrected chi connectivity index (χ1v) is 15.6. The summed E-state index contributed by atoms with van der Waals surface area (Å²) >= 11 is 7.73. The standard InChI is InChI=1S/C27H25ClN2O4S3/c1-19-7-12-23(13-8-19)36(31,32)29-26-16-11-22(35-18-21-5-3-4-6-25(21)28)17-27(26)30-37(33,34)24-14-9-20(2)10-15-24/h3-17,29-30H,18H2,1-2H3. The van der Waals surface area contributed by atoms with E-state index in [0.29, 0.717) is 10.8 Å². The fourth-order valence-electron chi connectivity index (χ4n) is 3.41. The van der Waals surface area contributed by atoms with Crippen molar-refractivity contribution in [2.24, 2.45) is 0 Å². The summed E-state index contributed by atoms with van der Waals surface area (Å²) in [5.74, 6) is 0.554. The minimum Gasteiger partial charge on any atom is -0.277 e. The Morgan fingerprint density at radius 1 is 0.676 bits per heavy atom. The zero-order chi connectivity index (χ0) is 26.6. The van der Waals surface area contributed by atoms with Gasteiger partial charge >= 0.3 is 0 Å². The lowest BCUT2D eigenvalue weighted by Gasteiger charge is -2.16. The molecule has 0 aliphatic carbocycles. The van der Waals surface area contributed by atoms with Crippen LogP contribution in [0.3, 0.4) is 0 Å². The minimum absolute atomic E-state index is 0.0690. The molecule has 0 spiro atoms. The number of nitrogens with one attached hydrogen (secondary N) is 2. The first-order chi connectivity index (χ1) is 17.5. The Morgan fingerprint density at radius 2 is 1.19 bits per heavy atom. The quantitative estimate of drug-likeness (QED) is 0.214. The van der Waals surface area contributed by atoms with E-state index in [1.54, 1.807) is 42.5 Å². The molecule has 0 amide bonds. The highest BCUT2D eigenvalue weighted by Gasteiger charge is 2.20. The molecule has 0 unspecified atom stereocenters. The van der Waals surface area contributed by atoms with E-state index in [1.807, 2.05) is 38.1 Å². The molecular weight excluding hydrogens is 548 g/mol. The summed E-state index contributed by atoms with van der Waals surface area (Å²) in [6.07, 6.45) is 0. The SMILES string of the molecule is Cc1ccc(S(=O)(=O)Nc2ccc(SCc3ccccc3Cl)cc2NS(=O)(=O)c2ccc(C)cc2)cc1. The van der Waals surface area contributed by atoms with Gasteiger partial charge in [0.15, 0.2) is 0 Å². The van der Waals surface area contributed by atoms with Crippen LogP contribution in [0.4, 0.5) is 11.4 Å². The first-order valence-electron chi connectivity index (χ1n) is 11.2. The maximum absolute atomic E-state index is 13.2. The van der Waals surface area contributed by atoms with E-state index >= 15 is 0 Å². The molecule has 4 aromatic carbocycles. The molecule has 0 aliphatic rings. The van der Waals surface area contributed by atoms with Crippen molar-refractivity contribution >= 4 is 54.8 Å². The van der Waals surface area contributed by atoms with Crippen molar-refractivity contribution in [3.63, 3.8) is 0 Å². The van der Waals surface area contributed by atoms with Crippen molar-refractivity contribution in [3.05, 3.63) is 113 Å². The fourth-order valence-corrected chi connectivity index (χ4v) is 6.78. The van der Waals surface area contributed by atoms with Crippen LogP contribution in [0.2, 0.25) is 5.02 Å². The molecule has 0 heterocycles. The second kappa shape index (κ2) is 11.2. The van der Waals surface area contributed by atoms with Crippen LogP contribution >= 0.6 is 23.4 Å². The molecule has 0 aliphatic heterocycles. The van der Waals surface area contributed by atoms with Gasteiger partial charge in [0, 0.05) is 15.7 Å². The third-order valence-electron chi connectivity index (χ3n) is 5.49. The average molecular weight is 573 g/mol. The molecule has 0 bridgehead atoms. The van der Waals surface area contributed by atoms with Crippen LogP contribution in [-0.2, 0) is 25.8 Å². The molecule has 0 atom stereocenters. The van der Waals surface area contributed by atoms with Crippen LogP contribution in [0.1, 0.15) is 16.7 Å². The third kappa shape index (κ3) is 6.87. The van der Waals surface area contributed by atoms with Crippen LogP contribution in [0, 0.1) is 13.8 Å². The van der Waals surface area contributed by atoms with Gasteiger partial charge in [-0.3, -0.25) is 9.44 Å². The molecule has 4 rings (SSSR count). The van der Waals surface area contributed by atoms with E-state index in [2.05, 4.69) is 9.44 Å². The first kappa shape index (κ1) is 27.1. The van der Waals surface area contributed by atoms with Crippen LogP contribution in [0.25, 0.3) is 0 Å². The van der Waals surface area contributed by atoms with Crippen molar-refractivity contribution in [2.45, 2.75) is 34.3 Å². The molecule has 10 heteroatoms. The summed E-state index contributed by atoms with van der Waals surface area (Å²) in [4.78, 5) is 0.877. The molecular formula is C27H25ClN2O4S3. The van der Waals surface area contributed by atoms with Crippen LogP contribution in [0.5, 0.6) is 0 Å². The third-order valence-corrected chi connectivity index (χ3v) is 9.67. The second-order valence-electron chi connectivity index (χ2n) is 8.42. The van der Waals surface area contributed by atoms with E-state index in [4.69, 9.17) is 11.6 Å². The van der Waals surface area contributed by atoms with E-state index < -0.39 is 20.0 Å². The Kier molecular flexibility index (Phi) is 8.18. The number of benzene rings is 4. The topological polar surface area (TPSA) is 92.3 Å². The number of aryl methyl sites for hydroxylation is 2. The number of rotatable bonds is 9. The van der Waals surface area contributed by atoms with E-state index in [1.165, 1.54) is 36.0 Å². The molecule has 2 N–H and O–H groups in total. The normalized spacial score (nSPS) is 11.8. The van der Waals surface area contributed by atoms with Gasteiger partial charge in [0.05, 0.1) is 21.2 Å². The Labute approximate surface area is 227 Å². The summed E-state index contributed by atoms with van der Waals surface area (Å²) in [7, 11) is -7.95. The lowest BCUT2D eigenvalue weighted by Crippen LogP contribution is -2.17. The Bertz CT molecular complexity index is 1620. The number of halogens is 1. The zero-order valence-electron chi connectivity index (χ0n) is 20.1. The van der Waals surface area contributed by atoms with Gasteiger partial charge in [0.1, 0.15) is 0 Å². The summed E-state index contributed by atoms with van der Waals surface area (Å²) < 4.78 is 57.5. The number of sulfonamides is 2. The highest BCUT2D eigenvalue weighted by molar-refractivity contribution is 7.98. The average Bonchev–Trinajstić information content (AvgIpc) is 2.85. The van der Waals surface area contributed by atoms with Gasteiger partial charge in [-0.1, -0.05) is 65.2 Å². The number of hydrogen-bond acceptors (Lipinski definition) is 5. The van der Waals surface area contributed by atoms with E-state index in [0.717, 1.165) is 21.6 Å². The monoisotopic (exact) mass is 572 g/mol. The van der Waals surface area contributed by atoms with Crippen LogP contribution < -0.4 is 9.44 Å². The van der Waals surface area contributed by atoms with Crippen LogP contribution in [0.15, 0.2) is 106 Å². The smallest absolute Gasteiger partial charge is 0.261 e. The largest absolute Gasteiger partial charge is 0.277 e. The Morgan fingerprint density at radius 3 is 1.73 bits per heavy atom. The molecule has 6 nitrogen and oxygen atoms in total. The van der Waals surface area contributed by atoms with Gasteiger partial charge in [-0.25, -0.2) is 16.8 Å². The van der Waals surface area contributed by atoms with Crippen LogP contribution in [-0.4, -0.2) is 16.8 Å². The van der Waals surface area contributed by atoms with Crippen molar-refractivity contribution < 1.29 is 16.8 Å². The summed E-state index contributed by atoms with van der Waals surface area (Å²) in [6, 6.07) is 25.2. The summed E-state index contributed by atoms with van der Waals surface area (Å²) in [5.41, 5.74) is 2.99. The second-order valence-corrected chi connectivity index (χ2v) is 13.2. The number of hydrogen-bond donors (Lipinski definition) is 2. The number of thioether (sulfide) groups is 1. The van der Waals surface area contributed by atoms with Crippen molar-refractivity contribution in [3.8, 4) is 0 Å². The van der Waals surface area contributed by atoms with E-state index in [9.17, 15) is 16.8 Å². The summed E-state index contributed by atoms with van der Waals surface area (Å²) in [5, 5.41) is 0.637. The highest BCUT2D eigenvalue weighted by atomic mass is 35.5. The number of anilines is 2. The van der Waals surface area contributed by atoms with Gasteiger partial charge < -0.3 is 0 Å². The van der Waals surface area contributed by atoms with Crippen molar-refractivity contribution in [2.75, 3.05) is 9.44 Å². The maximum atomic E-state index is 13.2. The molecule has 0 saturated heterocycles. The molecule has 37 heavy (non-hydrogen) atoms. The van der Waals surface area contributed by atoms with Crippen molar-refractivity contribution in [1.82, 2.24) is 0 Å². The lowest BCUT2D eigenvalue weighted by molar-refractivity contribution is 0.599. The lowest BCUT2D eigenvalue weighted by atomic mass is 10.2. The predicted octanol–water partition coefficient (Wildman–Crippen LogP) is 6.85. The minimum atomic E-state index is -3.98. The van der Waals surface area contributed by atoms with Crippen molar-refractivity contribution in [1.29, 1.82) is 0 Å². The highest BCUT2D eigenvalue weighted by Crippen LogP contribution is 2.34. The van der Waals surface area contributed by atoms with Gasteiger partial charge in [0.2, 0.25) is 0 Å². The molecule has 0 saturated carbocycles. The van der Waals surface area contributed by atoms with Gasteiger partial charge in [-0.05, 0) is 67.9 Å². The molecule has 4 aromatic rings. The summed E-state index contributed by atoms with van der Waals surface area (Å²) in [6.45, 7) is 3.72. The molecule has 0 radical (unpaired) electrons. The Hall–Kier alpha value is -2.98.